The highest BCUT2D eigenvalue weighted by Crippen LogP contribution is 2.37. The highest BCUT2D eigenvalue weighted by atomic mass is 32.2. The van der Waals surface area contributed by atoms with Crippen molar-refractivity contribution in [3.05, 3.63) is 80.2 Å². The van der Waals surface area contributed by atoms with Crippen LogP contribution in [-0.2, 0) is 0 Å². The van der Waals surface area contributed by atoms with E-state index >= 15 is 0 Å². The van der Waals surface area contributed by atoms with Crippen LogP contribution < -0.4 is 25.9 Å². The molecule has 1 aliphatic carbocycles. The first-order valence-corrected chi connectivity index (χ1v) is 13.0. The van der Waals surface area contributed by atoms with Crippen molar-refractivity contribution < 1.29 is 8.81 Å². The SMILES string of the molecule is CC.CNSNc1cccc(-c2nn(C3CC3)c(=O)c3c(Nc4ccc(C)cc4F)c(C)c(=O)oc23)c1. The topological polar surface area (TPSA) is 101 Å². The van der Waals surface area contributed by atoms with Crippen molar-refractivity contribution >= 4 is 40.2 Å². The van der Waals surface area contributed by atoms with Gasteiger partial charge in [0.1, 0.15) is 16.9 Å². The number of anilines is 3. The van der Waals surface area contributed by atoms with Gasteiger partial charge in [-0.15, -0.1) is 0 Å². The predicted octanol–water partition coefficient (Wildman–Crippen LogP) is 6.07. The van der Waals surface area contributed by atoms with Gasteiger partial charge in [0, 0.05) is 23.4 Å². The number of rotatable bonds is 7. The maximum atomic E-state index is 14.7. The van der Waals surface area contributed by atoms with Crippen LogP contribution in [-0.4, -0.2) is 16.8 Å². The third kappa shape index (κ3) is 5.40. The Balaban J connectivity index is 0.00000156. The van der Waals surface area contributed by atoms with Crippen LogP contribution in [0.15, 0.2) is 56.5 Å². The molecular formula is C27H30FN5O3S. The summed E-state index contributed by atoms with van der Waals surface area (Å²) in [6, 6.07) is 12.1. The monoisotopic (exact) mass is 523 g/mol. The summed E-state index contributed by atoms with van der Waals surface area (Å²) >= 11 is 1.31. The molecule has 0 radical (unpaired) electrons. The van der Waals surface area contributed by atoms with E-state index in [1.54, 1.807) is 33.0 Å². The Morgan fingerprint density at radius 2 is 1.86 bits per heavy atom. The molecule has 8 nitrogen and oxygen atoms in total. The fraction of sp³-hybridized carbons (Fsp3) is 0.296. The zero-order valence-electron chi connectivity index (χ0n) is 21.4. The molecule has 2 aromatic carbocycles. The molecule has 0 saturated heterocycles. The van der Waals surface area contributed by atoms with Crippen molar-refractivity contribution in [2.24, 2.45) is 0 Å². The summed E-state index contributed by atoms with van der Waals surface area (Å²) in [7, 11) is 1.80. The standard InChI is InChI=1S/C25H24FN5O3S.C2H6/c1-13-7-10-19(18(26)11-13)28-21-14(2)25(33)34-23-20(21)24(32)31(17-8-9-17)29-22(23)15-5-4-6-16(12-15)30-35-27-3;1-2/h4-7,10-12,17,27-28,30H,8-9H2,1-3H3;1-2H3. The molecule has 0 atom stereocenters. The minimum Gasteiger partial charge on any atom is -0.420 e. The van der Waals surface area contributed by atoms with E-state index in [1.165, 1.54) is 22.9 Å². The van der Waals surface area contributed by atoms with Gasteiger partial charge in [-0.25, -0.2) is 18.6 Å². The first kappa shape index (κ1) is 26.4. The average molecular weight is 524 g/mol. The molecule has 3 N–H and O–H groups in total. The zero-order chi connectivity index (χ0) is 26.7. The Labute approximate surface area is 218 Å². The van der Waals surface area contributed by atoms with Gasteiger partial charge in [0.2, 0.25) is 0 Å². The van der Waals surface area contributed by atoms with Crippen molar-refractivity contribution in [2.75, 3.05) is 17.1 Å². The third-order valence-corrected chi connectivity index (χ3v) is 6.42. The van der Waals surface area contributed by atoms with Gasteiger partial charge in [-0.1, -0.05) is 32.0 Å². The summed E-state index contributed by atoms with van der Waals surface area (Å²) in [5.41, 5.74) is 2.24. The second-order valence-electron chi connectivity index (χ2n) is 8.52. The highest BCUT2D eigenvalue weighted by Gasteiger charge is 2.30. The van der Waals surface area contributed by atoms with Gasteiger partial charge < -0.3 is 14.5 Å². The van der Waals surface area contributed by atoms with E-state index in [0.717, 1.165) is 24.1 Å². The van der Waals surface area contributed by atoms with E-state index < -0.39 is 11.4 Å². The molecule has 0 aliphatic heterocycles. The van der Waals surface area contributed by atoms with E-state index in [9.17, 15) is 14.0 Å². The zero-order valence-corrected chi connectivity index (χ0v) is 22.3. The quantitative estimate of drug-likeness (QED) is 0.251. The number of aromatic nitrogens is 2. The van der Waals surface area contributed by atoms with Crippen molar-refractivity contribution in [3.8, 4) is 11.3 Å². The normalized spacial score (nSPS) is 12.7. The molecule has 1 fully saturated rings. The van der Waals surface area contributed by atoms with Crippen LogP contribution in [0.5, 0.6) is 0 Å². The van der Waals surface area contributed by atoms with Crippen LogP contribution in [0, 0.1) is 19.7 Å². The number of aryl methyl sites for hydroxylation is 1. The molecule has 2 aromatic heterocycles. The number of hydrogen-bond donors (Lipinski definition) is 3. The van der Waals surface area contributed by atoms with Crippen molar-refractivity contribution in [2.45, 2.75) is 46.6 Å². The van der Waals surface area contributed by atoms with E-state index in [-0.39, 0.29) is 39.5 Å². The number of fused-ring (bicyclic) bond motifs is 1. The lowest BCUT2D eigenvalue weighted by atomic mass is 10.1. The number of nitrogens with one attached hydrogen (secondary N) is 3. The van der Waals surface area contributed by atoms with E-state index in [0.29, 0.717) is 11.3 Å². The summed E-state index contributed by atoms with van der Waals surface area (Å²) in [6.45, 7) is 7.34. The molecule has 2 heterocycles. The van der Waals surface area contributed by atoms with Crippen LogP contribution in [0.4, 0.5) is 21.5 Å². The second-order valence-corrected chi connectivity index (χ2v) is 9.34. The van der Waals surface area contributed by atoms with Gasteiger partial charge in [0.25, 0.3) is 5.56 Å². The second kappa shape index (κ2) is 11.2. The minimum atomic E-state index is -0.626. The lowest BCUT2D eigenvalue weighted by molar-refractivity contribution is 0.543. The van der Waals surface area contributed by atoms with E-state index in [4.69, 9.17) is 4.42 Å². The molecule has 0 bridgehead atoms. The third-order valence-electron chi connectivity index (χ3n) is 5.88. The first-order chi connectivity index (χ1) is 17.9. The number of halogens is 1. The van der Waals surface area contributed by atoms with Gasteiger partial charge in [-0.3, -0.25) is 4.79 Å². The Kier molecular flexibility index (Phi) is 7.99. The minimum absolute atomic E-state index is 0.0250. The summed E-state index contributed by atoms with van der Waals surface area (Å²) in [5.74, 6) is -0.483. The number of nitrogens with zero attached hydrogens (tertiary/aromatic N) is 2. The molecular weight excluding hydrogens is 493 g/mol. The van der Waals surface area contributed by atoms with E-state index in [1.807, 2.05) is 38.1 Å². The van der Waals surface area contributed by atoms with Crippen LogP contribution in [0.25, 0.3) is 22.2 Å². The van der Waals surface area contributed by atoms with Crippen LogP contribution in [0.1, 0.15) is 43.9 Å². The van der Waals surface area contributed by atoms with Crippen molar-refractivity contribution in [1.29, 1.82) is 0 Å². The van der Waals surface area contributed by atoms with Crippen molar-refractivity contribution in [3.63, 3.8) is 0 Å². The number of benzene rings is 2. The van der Waals surface area contributed by atoms with Gasteiger partial charge in [0.15, 0.2) is 5.58 Å². The predicted molar refractivity (Wildman–Crippen MR) is 149 cm³/mol. The lowest BCUT2D eigenvalue weighted by Crippen LogP contribution is -2.25. The van der Waals surface area contributed by atoms with Gasteiger partial charge in [0.05, 0.1) is 23.0 Å². The molecule has 1 saturated carbocycles. The Morgan fingerprint density at radius 1 is 1.11 bits per heavy atom. The summed E-state index contributed by atoms with van der Waals surface area (Å²) < 4.78 is 27.9. The number of hydrogen-bond acceptors (Lipinski definition) is 8. The van der Waals surface area contributed by atoms with E-state index in [2.05, 4.69) is 19.9 Å². The fourth-order valence-corrected chi connectivity index (χ4v) is 4.26. The summed E-state index contributed by atoms with van der Waals surface area (Å²) in [6.07, 6.45) is 1.67. The smallest absolute Gasteiger partial charge is 0.341 e. The van der Waals surface area contributed by atoms with Gasteiger partial charge in [-0.05, 0) is 63.6 Å². The van der Waals surface area contributed by atoms with Crippen LogP contribution in [0.3, 0.4) is 0 Å². The molecule has 5 rings (SSSR count). The van der Waals surface area contributed by atoms with Crippen LogP contribution in [0.2, 0.25) is 0 Å². The fourth-order valence-electron chi connectivity index (χ4n) is 3.92. The average Bonchev–Trinajstić information content (AvgIpc) is 3.74. The molecule has 37 heavy (non-hydrogen) atoms. The summed E-state index contributed by atoms with van der Waals surface area (Å²) in [4.78, 5) is 26.5. The Bertz CT molecular complexity index is 1560. The molecule has 194 valence electrons. The Morgan fingerprint density at radius 3 is 2.54 bits per heavy atom. The maximum absolute atomic E-state index is 14.7. The summed E-state index contributed by atoms with van der Waals surface area (Å²) in [5, 5.41) is 7.79. The maximum Gasteiger partial charge on any atom is 0.341 e. The molecule has 10 heteroatoms. The largest absolute Gasteiger partial charge is 0.420 e. The van der Waals surface area contributed by atoms with Gasteiger partial charge >= 0.3 is 5.63 Å². The van der Waals surface area contributed by atoms with Crippen molar-refractivity contribution in [1.82, 2.24) is 14.5 Å². The molecule has 4 aromatic rings. The molecule has 0 unspecified atom stereocenters. The Hall–Kier alpha value is -3.63. The lowest BCUT2D eigenvalue weighted by Gasteiger charge is -2.16. The van der Waals surface area contributed by atoms with Crippen LogP contribution >= 0.6 is 12.1 Å². The molecule has 0 amide bonds. The molecule has 0 spiro atoms. The highest BCUT2D eigenvalue weighted by molar-refractivity contribution is 7.98. The molecule has 1 aliphatic rings. The van der Waals surface area contributed by atoms with Gasteiger partial charge in [-0.2, -0.15) is 5.10 Å². The first-order valence-electron chi connectivity index (χ1n) is 12.2.